The van der Waals surface area contributed by atoms with Crippen molar-refractivity contribution in [2.45, 2.75) is 38.8 Å². The molecule has 13 heavy (non-hydrogen) atoms. The lowest BCUT2D eigenvalue weighted by molar-refractivity contribution is 0.160. The number of aliphatic hydroxyl groups excluding tert-OH is 1. The molecule has 2 N–H and O–H groups in total. The summed E-state index contributed by atoms with van der Waals surface area (Å²) in [6.45, 7) is 8.28. The molecule has 0 spiro atoms. The minimum Gasteiger partial charge on any atom is -0.392 e. The van der Waals surface area contributed by atoms with Crippen molar-refractivity contribution in [3.8, 4) is 0 Å². The molecular weight excluding hydrogens is 164 g/mol. The van der Waals surface area contributed by atoms with Gasteiger partial charge < -0.3 is 15.3 Å². The number of likely N-dealkylation sites (N-methyl/N-ethyl adjacent to an activating group) is 1. The summed E-state index contributed by atoms with van der Waals surface area (Å²) in [6, 6.07) is 0.586. The summed E-state index contributed by atoms with van der Waals surface area (Å²) in [4.78, 5) is 2.46. The van der Waals surface area contributed by atoms with Crippen molar-refractivity contribution < 1.29 is 5.11 Å². The Hall–Kier alpha value is -0.120. The van der Waals surface area contributed by atoms with Crippen LogP contribution >= 0.6 is 0 Å². The molecule has 1 fully saturated rings. The maximum Gasteiger partial charge on any atom is 0.0636 e. The molecule has 0 aromatic heterocycles. The van der Waals surface area contributed by atoms with Crippen LogP contribution in [0.1, 0.15) is 26.7 Å². The highest BCUT2D eigenvalue weighted by molar-refractivity contribution is 4.77. The van der Waals surface area contributed by atoms with Crippen molar-refractivity contribution in [1.82, 2.24) is 10.2 Å². The Morgan fingerprint density at radius 3 is 3.00 bits per heavy atom. The van der Waals surface area contributed by atoms with Crippen LogP contribution in [-0.4, -0.2) is 48.3 Å². The number of hydrogen-bond donors (Lipinski definition) is 2. The molecule has 0 aromatic carbocycles. The van der Waals surface area contributed by atoms with E-state index >= 15 is 0 Å². The zero-order valence-corrected chi connectivity index (χ0v) is 8.79. The molecule has 1 rings (SSSR count). The summed E-state index contributed by atoms with van der Waals surface area (Å²) in [5.74, 6) is 0. The van der Waals surface area contributed by atoms with Crippen LogP contribution in [-0.2, 0) is 0 Å². The first-order chi connectivity index (χ1) is 6.22. The summed E-state index contributed by atoms with van der Waals surface area (Å²) >= 11 is 0. The molecule has 78 valence electrons. The highest BCUT2D eigenvalue weighted by Crippen LogP contribution is 2.09. The zero-order valence-electron chi connectivity index (χ0n) is 8.79. The van der Waals surface area contributed by atoms with Gasteiger partial charge in [0.15, 0.2) is 0 Å². The molecule has 2 unspecified atom stereocenters. The van der Waals surface area contributed by atoms with Gasteiger partial charge in [0.05, 0.1) is 6.10 Å². The van der Waals surface area contributed by atoms with Crippen LogP contribution in [0.25, 0.3) is 0 Å². The van der Waals surface area contributed by atoms with Crippen LogP contribution in [0.15, 0.2) is 0 Å². The van der Waals surface area contributed by atoms with Crippen molar-refractivity contribution in [2.24, 2.45) is 0 Å². The maximum atomic E-state index is 9.13. The van der Waals surface area contributed by atoms with Crippen molar-refractivity contribution in [3.63, 3.8) is 0 Å². The predicted molar refractivity (Wildman–Crippen MR) is 54.8 cm³/mol. The van der Waals surface area contributed by atoms with Gasteiger partial charge in [-0.2, -0.15) is 0 Å². The summed E-state index contributed by atoms with van der Waals surface area (Å²) < 4.78 is 0. The second-order valence-corrected chi connectivity index (χ2v) is 3.99. The fourth-order valence-corrected chi connectivity index (χ4v) is 1.85. The van der Waals surface area contributed by atoms with Gasteiger partial charge in [-0.1, -0.05) is 6.92 Å². The molecule has 0 bridgehead atoms. The van der Waals surface area contributed by atoms with Gasteiger partial charge in [0.25, 0.3) is 0 Å². The minimum absolute atomic E-state index is 0.225. The molecule has 1 aliphatic heterocycles. The molecule has 1 aliphatic rings. The Morgan fingerprint density at radius 2 is 2.38 bits per heavy atom. The maximum absolute atomic E-state index is 9.13. The van der Waals surface area contributed by atoms with E-state index in [4.69, 9.17) is 5.11 Å². The molecule has 1 heterocycles. The molecule has 0 amide bonds. The Labute approximate surface area is 81.1 Å². The van der Waals surface area contributed by atoms with Crippen LogP contribution in [0.2, 0.25) is 0 Å². The largest absolute Gasteiger partial charge is 0.392 e. The fourth-order valence-electron chi connectivity index (χ4n) is 1.85. The number of nitrogens with zero attached hydrogens (tertiary/aromatic N) is 1. The molecule has 0 radical (unpaired) electrons. The quantitative estimate of drug-likeness (QED) is 0.669. The van der Waals surface area contributed by atoms with Gasteiger partial charge in [0.1, 0.15) is 0 Å². The predicted octanol–water partition coefficient (Wildman–Crippen LogP) is 0.441. The van der Waals surface area contributed by atoms with Crippen LogP contribution in [0.5, 0.6) is 0 Å². The fraction of sp³-hybridized carbons (Fsp3) is 1.00. The van der Waals surface area contributed by atoms with E-state index in [1.54, 1.807) is 0 Å². The summed E-state index contributed by atoms with van der Waals surface area (Å²) in [5, 5.41) is 12.5. The SMILES string of the molecule is CCN1CCCC(NCC(C)O)C1. The van der Waals surface area contributed by atoms with E-state index in [0.717, 1.165) is 19.6 Å². The van der Waals surface area contributed by atoms with Crippen LogP contribution in [0.3, 0.4) is 0 Å². The molecule has 0 aliphatic carbocycles. The van der Waals surface area contributed by atoms with Crippen LogP contribution < -0.4 is 5.32 Å². The Bertz CT molecular complexity index is 139. The molecule has 3 nitrogen and oxygen atoms in total. The van der Waals surface area contributed by atoms with E-state index in [1.165, 1.54) is 19.4 Å². The highest BCUT2D eigenvalue weighted by Gasteiger charge is 2.17. The Kier molecular flexibility index (Phi) is 4.70. The van der Waals surface area contributed by atoms with Crippen molar-refractivity contribution in [2.75, 3.05) is 26.2 Å². The summed E-state index contributed by atoms with van der Waals surface area (Å²) in [7, 11) is 0. The Balaban J connectivity index is 2.18. The van der Waals surface area contributed by atoms with Gasteiger partial charge in [-0.05, 0) is 32.9 Å². The van der Waals surface area contributed by atoms with E-state index < -0.39 is 0 Å². The lowest BCUT2D eigenvalue weighted by Gasteiger charge is -2.32. The summed E-state index contributed by atoms with van der Waals surface area (Å²) in [6.07, 6.45) is 2.31. The van der Waals surface area contributed by atoms with Gasteiger partial charge >= 0.3 is 0 Å². The molecule has 1 saturated heterocycles. The summed E-state index contributed by atoms with van der Waals surface area (Å²) in [5.41, 5.74) is 0. The lowest BCUT2D eigenvalue weighted by atomic mass is 10.1. The monoisotopic (exact) mass is 186 g/mol. The normalized spacial score (nSPS) is 27.5. The minimum atomic E-state index is -0.225. The van der Waals surface area contributed by atoms with E-state index in [-0.39, 0.29) is 6.10 Å². The number of rotatable bonds is 4. The van der Waals surface area contributed by atoms with Crippen molar-refractivity contribution >= 4 is 0 Å². The first-order valence-electron chi connectivity index (χ1n) is 5.36. The standard InChI is InChI=1S/C10H22N2O/c1-3-12-6-4-5-10(8-12)11-7-9(2)13/h9-11,13H,3-8H2,1-2H3. The van der Waals surface area contributed by atoms with Gasteiger partial charge in [-0.3, -0.25) is 0 Å². The van der Waals surface area contributed by atoms with E-state index in [9.17, 15) is 0 Å². The van der Waals surface area contributed by atoms with E-state index in [0.29, 0.717) is 6.04 Å². The highest BCUT2D eigenvalue weighted by atomic mass is 16.3. The van der Waals surface area contributed by atoms with Gasteiger partial charge in [-0.25, -0.2) is 0 Å². The zero-order chi connectivity index (χ0) is 9.68. The number of likely N-dealkylation sites (tertiary alicyclic amines) is 1. The molecular formula is C10H22N2O. The third-order valence-electron chi connectivity index (χ3n) is 2.65. The topological polar surface area (TPSA) is 35.5 Å². The van der Waals surface area contributed by atoms with E-state index in [2.05, 4.69) is 17.1 Å². The number of nitrogens with one attached hydrogen (secondary N) is 1. The second kappa shape index (κ2) is 5.58. The molecule has 3 heteroatoms. The first kappa shape index (κ1) is 11.0. The Morgan fingerprint density at radius 1 is 1.62 bits per heavy atom. The molecule has 0 saturated carbocycles. The third kappa shape index (κ3) is 4.07. The third-order valence-corrected chi connectivity index (χ3v) is 2.65. The molecule has 2 atom stereocenters. The average Bonchev–Trinajstić information content (AvgIpc) is 2.15. The second-order valence-electron chi connectivity index (χ2n) is 3.99. The van der Waals surface area contributed by atoms with Gasteiger partial charge in [0.2, 0.25) is 0 Å². The first-order valence-corrected chi connectivity index (χ1v) is 5.36. The number of aliphatic hydroxyl groups is 1. The van der Waals surface area contributed by atoms with Gasteiger partial charge in [0, 0.05) is 19.1 Å². The number of piperidine rings is 1. The molecule has 0 aromatic rings. The lowest BCUT2D eigenvalue weighted by Crippen LogP contribution is -2.47. The van der Waals surface area contributed by atoms with Crippen LogP contribution in [0, 0.1) is 0 Å². The van der Waals surface area contributed by atoms with Crippen molar-refractivity contribution in [3.05, 3.63) is 0 Å². The average molecular weight is 186 g/mol. The van der Waals surface area contributed by atoms with Crippen molar-refractivity contribution in [1.29, 1.82) is 0 Å². The van der Waals surface area contributed by atoms with Gasteiger partial charge in [-0.15, -0.1) is 0 Å². The van der Waals surface area contributed by atoms with Crippen LogP contribution in [0.4, 0.5) is 0 Å². The van der Waals surface area contributed by atoms with E-state index in [1.807, 2.05) is 6.92 Å². The smallest absolute Gasteiger partial charge is 0.0636 e. The number of hydrogen-bond acceptors (Lipinski definition) is 3.